The van der Waals surface area contributed by atoms with Crippen molar-refractivity contribution in [3.8, 4) is 0 Å². The molecular formula is C16H20N2O2S. The summed E-state index contributed by atoms with van der Waals surface area (Å²) in [7, 11) is 0. The Morgan fingerprint density at radius 2 is 1.95 bits per heavy atom. The predicted molar refractivity (Wildman–Crippen MR) is 85.8 cm³/mol. The molecule has 2 rings (SSSR count). The molecule has 0 spiro atoms. The van der Waals surface area contributed by atoms with Gasteiger partial charge in [0.2, 0.25) is 0 Å². The van der Waals surface area contributed by atoms with Gasteiger partial charge in [0.25, 0.3) is 0 Å². The van der Waals surface area contributed by atoms with Crippen LogP contribution in [0.2, 0.25) is 0 Å². The number of carbonyl (C=O) groups is 1. The van der Waals surface area contributed by atoms with E-state index in [-0.39, 0.29) is 5.97 Å². The van der Waals surface area contributed by atoms with Crippen molar-refractivity contribution in [1.29, 1.82) is 0 Å². The molecule has 112 valence electrons. The van der Waals surface area contributed by atoms with Crippen LogP contribution in [0.5, 0.6) is 0 Å². The number of nitrogens with one attached hydrogen (secondary N) is 1. The summed E-state index contributed by atoms with van der Waals surface area (Å²) in [6.07, 6.45) is 0. The van der Waals surface area contributed by atoms with Gasteiger partial charge < -0.3 is 10.1 Å². The van der Waals surface area contributed by atoms with Crippen molar-refractivity contribution in [3.63, 3.8) is 0 Å². The van der Waals surface area contributed by atoms with Crippen molar-refractivity contribution < 1.29 is 9.53 Å². The Morgan fingerprint density at radius 1 is 1.29 bits per heavy atom. The maximum atomic E-state index is 12.1. The molecule has 0 atom stereocenters. The van der Waals surface area contributed by atoms with Crippen molar-refractivity contribution >= 4 is 22.4 Å². The third kappa shape index (κ3) is 4.56. The van der Waals surface area contributed by atoms with E-state index in [4.69, 9.17) is 4.74 Å². The number of hydrogen-bond acceptors (Lipinski definition) is 5. The Bertz CT molecular complexity index is 615. The minimum Gasteiger partial charge on any atom is -0.455 e. The van der Waals surface area contributed by atoms with Gasteiger partial charge in [0.1, 0.15) is 5.60 Å². The number of hydrogen-bond donors (Lipinski definition) is 1. The lowest BCUT2D eigenvalue weighted by atomic mass is 10.2. The van der Waals surface area contributed by atoms with Crippen LogP contribution in [-0.2, 0) is 11.3 Å². The average molecular weight is 304 g/mol. The third-order valence-corrected chi connectivity index (χ3v) is 3.60. The zero-order valence-corrected chi connectivity index (χ0v) is 13.6. The highest BCUT2D eigenvalue weighted by Gasteiger charge is 2.22. The second-order valence-electron chi connectivity index (χ2n) is 5.76. The highest BCUT2D eigenvalue weighted by atomic mass is 32.1. The molecule has 0 saturated heterocycles. The van der Waals surface area contributed by atoms with Gasteiger partial charge in [-0.25, -0.2) is 9.78 Å². The van der Waals surface area contributed by atoms with E-state index in [1.807, 2.05) is 58.0 Å². The number of anilines is 1. The number of aryl methyl sites for hydroxylation is 1. The molecule has 1 heterocycles. The van der Waals surface area contributed by atoms with Crippen LogP contribution in [0.3, 0.4) is 0 Å². The highest BCUT2D eigenvalue weighted by molar-refractivity contribution is 7.15. The molecule has 21 heavy (non-hydrogen) atoms. The average Bonchev–Trinajstić information content (AvgIpc) is 2.77. The van der Waals surface area contributed by atoms with E-state index < -0.39 is 5.60 Å². The molecule has 2 aromatic rings. The number of ether oxygens (including phenoxy) is 1. The zero-order chi connectivity index (χ0) is 15.5. The van der Waals surface area contributed by atoms with Crippen LogP contribution < -0.4 is 5.32 Å². The Kier molecular flexibility index (Phi) is 4.63. The number of rotatable bonds is 4. The van der Waals surface area contributed by atoms with E-state index in [1.54, 1.807) is 0 Å². The van der Waals surface area contributed by atoms with E-state index in [2.05, 4.69) is 10.3 Å². The Morgan fingerprint density at radius 3 is 2.57 bits per heavy atom. The third-order valence-electron chi connectivity index (χ3n) is 2.68. The fourth-order valence-corrected chi connectivity index (χ4v) is 2.56. The highest BCUT2D eigenvalue weighted by Crippen LogP contribution is 2.24. The number of esters is 1. The summed E-state index contributed by atoms with van der Waals surface area (Å²) in [5.74, 6) is -0.371. The van der Waals surface area contributed by atoms with Gasteiger partial charge in [-0.1, -0.05) is 30.3 Å². The van der Waals surface area contributed by atoms with Gasteiger partial charge in [0, 0.05) is 11.4 Å². The molecule has 1 aromatic heterocycles. The van der Waals surface area contributed by atoms with Crippen molar-refractivity contribution in [3.05, 3.63) is 46.5 Å². The fourth-order valence-electron chi connectivity index (χ4n) is 1.76. The maximum absolute atomic E-state index is 12.1. The summed E-state index contributed by atoms with van der Waals surface area (Å²) in [5, 5.41) is 3.97. The minimum absolute atomic E-state index is 0.371. The smallest absolute Gasteiger partial charge is 0.358 e. The van der Waals surface area contributed by atoms with E-state index in [9.17, 15) is 4.79 Å². The van der Waals surface area contributed by atoms with Gasteiger partial charge in [0.05, 0.1) is 0 Å². The van der Waals surface area contributed by atoms with Crippen LogP contribution >= 0.6 is 11.3 Å². The molecule has 0 amide bonds. The standard InChI is InChI=1S/C16H20N2O2S/c1-11-13(14(19)20-16(2,3)4)18-15(21-11)17-10-12-8-6-5-7-9-12/h5-9H,10H2,1-4H3,(H,17,18). The number of aromatic nitrogens is 1. The summed E-state index contributed by atoms with van der Waals surface area (Å²) >= 11 is 1.46. The van der Waals surface area contributed by atoms with Crippen LogP contribution in [0.1, 0.15) is 41.7 Å². The number of thiazole rings is 1. The maximum Gasteiger partial charge on any atom is 0.358 e. The van der Waals surface area contributed by atoms with Gasteiger partial charge >= 0.3 is 5.97 Å². The molecule has 5 heteroatoms. The number of benzene rings is 1. The first-order valence-electron chi connectivity index (χ1n) is 6.84. The molecule has 0 radical (unpaired) electrons. The molecule has 0 aliphatic carbocycles. The largest absolute Gasteiger partial charge is 0.455 e. The van der Waals surface area contributed by atoms with E-state index >= 15 is 0 Å². The van der Waals surface area contributed by atoms with E-state index in [1.165, 1.54) is 16.9 Å². The van der Waals surface area contributed by atoms with Crippen LogP contribution in [-0.4, -0.2) is 16.6 Å². The molecule has 0 aliphatic heterocycles. The summed E-state index contributed by atoms with van der Waals surface area (Å²) < 4.78 is 5.36. The lowest BCUT2D eigenvalue weighted by Crippen LogP contribution is -2.24. The zero-order valence-electron chi connectivity index (χ0n) is 12.8. The Balaban J connectivity index is 2.04. The summed E-state index contributed by atoms with van der Waals surface area (Å²) in [5.41, 5.74) is 1.06. The lowest BCUT2D eigenvalue weighted by molar-refractivity contribution is 0.00631. The topological polar surface area (TPSA) is 51.2 Å². The second-order valence-corrected chi connectivity index (χ2v) is 6.97. The minimum atomic E-state index is -0.509. The van der Waals surface area contributed by atoms with E-state index in [0.29, 0.717) is 12.2 Å². The number of nitrogens with zero attached hydrogens (tertiary/aromatic N) is 1. The Hall–Kier alpha value is -1.88. The first kappa shape index (κ1) is 15.5. The van der Waals surface area contributed by atoms with Crippen molar-refractivity contribution in [2.24, 2.45) is 0 Å². The van der Waals surface area contributed by atoms with Crippen molar-refractivity contribution in [2.75, 3.05) is 5.32 Å². The fraction of sp³-hybridized carbons (Fsp3) is 0.375. The first-order chi connectivity index (χ1) is 9.85. The van der Waals surface area contributed by atoms with Crippen molar-refractivity contribution in [2.45, 2.75) is 39.8 Å². The summed E-state index contributed by atoms with van der Waals surface area (Å²) in [6, 6.07) is 10.1. The lowest BCUT2D eigenvalue weighted by Gasteiger charge is -2.18. The van der Waals surface area contributed by atoms with Gasteiger partial charge in [-0.15, -0.1) is 11.3 Å². The monoisotopic (exact) mass is 304 g/mol. The predicted octanol–water partition coefficient (Wildman–Crippen LogP) is 4.02. The SMILES string of the molecule is Cc1sc(NCc2ccccc2)nc1C(=O)OC(C)(C)C. The molecule has 4 nitrogen and oxygen atoms in total. The van der Waals surface area contributed by atoms with Gasteiger partial charge in [-0.05, 0) is 33.3 Å². The molecule has 0 saturated carbocycles. The number of carbonyl (C=O) groups excluding carboxylic acids is 1. The molecular weight excluding hydrogens is 284 g/mol. The van der Waals surface area contributed by atoms with Gasteiger partial charge in [0.15, 0.2) is 10.8 Å². The summed E-state index contributed by atoms with van der Waals surface area (Å²) in [6.45, 7) is 8.11. The molecule has 0 bridgehead atoms. The molecule has 0 aliphatic rings. The Labute approximate surface area is 129 Å². The van der Waals surface area contributed by atoms with Crippen LogP contribution in [0.25, 0.3) is 0 Å². The molecule has 1 aromatic carbocycles. The molecule has 0 unspecified atom stereocenters. The van der Waals surface area contributed by atoms with Crippen molar-refractivity contribution in [1.82, 2.24) is 4.98 Å². The molecule has 1 N–H and O–H groups in total. The summed E-state index contributed by atoms with van der Waals surface area (Å²) in [4.78, 5) is 17.3. The second kappa shape index (κ2) is 6.26. The van der Waals surface area contributed by atoms with Crippen LogP contribution in [0, 0.1) is 6.92 Å². The molecule has 0 fully saturated rings. The van der Waals surface area contributed by atoms with Crippen LogP contribution in [0.4, 0.5) is 5.13 Å². The van der Waals surface area contributed by atoms with Gasteiger partial charge in [-0.3, -0.25) is 0 Å². The normalized spacial score (nSPS) is 11.2. The van der Waals surface area contributed by atoms with Crippen LogP contribution in [0.15, 0.2) is 30.3 Å². The van der Waals surface area contributed by atoms with Gasteiger partial charge in [-0.2, -0.15) is 0 Å². The quantitative estimate of drug-likeness (QED) is 0.867. The first-order valence-corrected chi connectivity index (χ1v) is 7.65. The van der Waals surface area contributed by atoms with E-state index in [0.717, 1.165) is 10.0 Å².